The lowest BCUT2D eigenvalue weighted by Gasteiger charge is -2.29. The molecule has 1 aliphatic rings. The van der Waals surface area contributed by atoms with E-state index in [1.807, 2.05) is 65.6 Å². The number of rotatable bonds is 14. The molecule has 1 fully saturated rings. The van der Waals surface area contributed by atoms with E-state index in [1.165, 1.54) is 6.08 Å². The number of nitrogens with one attached hydrogen (secondary N) is 1. The first-order valence-electron chi connectivity index (χ1n) is 14.9. The van der Waals surface area contributed by atoms with Gasteiger partial charge in [0.25, 0.3) is 5.91 Å². The fourth-order valence-electron chi connectivity index (χ4n) is 5.20. The van der Waals surface area contributed by atoms with E-state index in [1.54, 1.807) is 45.0 Å². The topological polar surface area (TPSA) is 129 Å². The number of amides is 2. The zero-order valence-corrected chi connectivity index (χ0v) is 25.9. The van der Waals surface area contributed by atoms with E-state index in [2.05, 4.69) is 10.3 Å². The lowest BCUT2D eigenvalue weighted by Crippen LogP contribution is -2.55. The highest BCUT2D eigenvalue weighted by molar-refractivity contribution is 6.02. The molecule has 0 saturated carbocycles. The molecule has 4 rings (SSSR count). The van der Waals surface area contributed by atoms with E-state index in [4.69, 9.17) is 15.2 Å². The molecule has 10 nitrogen and oxygen atoms in total. The van der Waals surface area contributed by atoms with Crippen molar-refractivity contribution in [2.45, 2.75) is 63.9 Å². The van der Waals surface area contributed by atoms with Crippen molar-refractivity contribution in [2.75, 3.05) is 26.9 Å². The Labute approximate surface area is 259 Å². The number of imidazole rings is 1. The van der Waals surface area contributed by atoms with Crippen LogP contribution < -0.4 is 11.1 Å². The van der Waals surface area contributed by atoms with Crippen LogP contribution in [0.5, 0.6) is 0 Å². The van der Waals surface area contributed by atoms with E-state index < -0.39 is 23.5 Å². The first-order valence-corrected chi connectivity index (χ1v) is 14.9. The number of nitrogens with zero attached hydrogens (tertiary/aromatic N) is 3. The summed E-state index contributed by atoms with van der Waals surface area (Å²) in [5, 5.41) is 2.74. The van der Waals surface area contributed by atoms with Gasteiger partial charge in [-0.05, 0) is 56.4 Å². The van der Waals surface area contributed by atoms with Gasteiger partial charge in [0.15, 0.2) is 5.78 Å². The number of ketones is 1. The van der Waals surface area contributed by atoms with E-state index in [9.17, 15) is 14.4 Å². The van der Waals surface area contributed by atoms with Crippen LogP contribution >= 0.6 is 0 Å². The van der Waals surface area contributed by atoms with Crippen LogP contribution in [-0.4, -0.2) is 76.5 Å². The van der Waals surface area contributed by atoms with Gasteiger partial charge >= 0.3 is 0 Å². The van der Waals surface area contributed by atoms with Crippen LogP contribution in [0, 0.1) is 0 Å². The smallest absolute Gasteiger partial charge is 0.250 e. The highest BCUT2D eigenvalue weighted by Gasteiger charge is 2.35. The van der Waals surface area contributed by atoms with Gasteiger partial charge in [0.05, 0.1) is 43.4 Å². The molecule has 1 aliphatic heterocycles. The number of carbonyl (C=O) groups excluding carboxylic acids is 3. The summed E-state index contributed by atoms with van der Waals surface area (Å²) in [4.78, 5) is 46.5. The molecule has 1 saturated heterocycles. The van der Waals surface area contributed by atoms with Crippen molar-refractivity contribution >= 4 is 23.2 Å². The third-order valence-electron chi connectivity index (χ3n) is 7.66. The second-order valence-electron chi connectivity index (χ2n) is 11.8. The molecule has 10 heteroatoms. The number of likely N-dealkylation sites (tertiary alicyclic amines) is 1. The van der Waals surface area contributed by atoms with Crippen LogP contribution in [-0.2, 0) is 30.5 Å². The maximum Gasteiger partial charge on any atom is 0.250 e. The monoisotopic (exact) mass is 601 g/mol. The Morgan fingerprint density at radius 2 is 1.80 bits per heavy atom. The highest BCUT2D eigenvalue weighted by Crippen LogP contribution is 2.27. The molecule has 0 spiro atoms. The molecule has 3 aromatic rings. The van der Waals surface area contributed by atoms with Crippen molar-refractivity contribution in [3.63, 3.8) is 0 Å². The third kappa shape index (κ3) is 8.49. The predicted molar refractivity (Wildman–Crippen MR) is 168 cm³/mol. The minimum atomic E-state index is -1.17. The Kier molecular flexibility index (Phi) is 11.2. The number of methoxy groups -OCH3 is 1. The number of hydrogen-bond donors (Lipinski definition) is 2. The summed E-state index contributed by atoms with van der Waals surface area (Å²) in [5.41, 5.74) is 7.72. The number of benzene rings is 2. The van der Waals surface area contributed by atoms with Crippen LogP contribution in [0.25, 0.3) is 5.57 Å². The van der Waals surface area contributed by atoms with Gasteiger partial charge in [-0.2, -0.15) is 0 Å². The van der Waals surface area contributed by atoms with Gasteiger partial charge in [-0.15, -0.1) is 0 Å². The van der Waals surface area contributed by atoms with Gasteiger partial charge < -0.3 is 30.0 Å². The fourth-order valence-corrected chi connectivity index (χ4v) is 5.20. The average Bonchev–Trinajstić information content (AvgIpc) is 3.68. The molecule has 2 heterocycles. The molecular formula is C34H43N5O5. The van der Waals surface area contributed by atoms with Gasteiger partial charge in [0, 0.05) is 19.9 Å². The van der Waals surface area contributed by atoms with Crippen LogP contribution in [0.2, 0.25) is 0 Å². The van der Waals surface area contributed by atoms with E-state index in [-0.39, 0.29) is 30.9 Å². The van der Waals surface area contributed by atoms with E-state index in [0.29, 0.717) is 24.4 Å². The number of nitrogens with two attached hydrogens (primary N) is 1. The number of carbonyl (C=O) groups is 3. The highest BCUT2D eigenvalue weighted by atomic mass is 16.5. The molecule has 44 heavy (non-hydrogen) atoms. The van der Waals surface area contributed by atoms with Crippen LogP contribution in [0.3, 0.4) is 0 Å². The quantitative estimate of drug-likeness (QED) is 0.271. The molecule has 0 radical (unpaired) electrons. The molecule has 2 amide bonds. The zero-order chi connectivity index (χ0) is 31.7. The van der Waals surface area contributed by atoms with Gasteiger partial charge in [-0.1, -0.05) is 60.7 Å². The molecule has 0 bridgehead atoms. The Morgan fingerprint density at radius 3 is 2.45 bits per heavy atom. The van der Waals surface area contributed by atoms with Gasteiger partial charge in [-0.25, -0.2) is 4.98 Å². The standard InChI is InChI=1S/C34H43N5O5/c1-24(18-30(40)29(37-33(42)34(2,3)35)22-44-20-25-12-7-5-8-13-25)28-19-38(23-36-28)31(26-14-9-6-10-15-26)32(41)39-17-11-16-27(39)21-43-4/h5-10,12-15,18-19,23,27,29,31H,11,16-17,20-22,35H2,1-4H3,(H,37,42)/t27-,29-,31?/m1/s1. The molecular weight excluding hydrogens is 558 g/mol. The number of aromatic nitrogens is 2. The van der Waals surface area contributed by atoms with E-state index in [0.717, 1.165) is 24.0 Å². The first kappa shape index (κ1) is 32.8. The molecule has 2 aromatic carbocycles. The Bertz CT molecular complexity index is 1430. The summed E-state index contributed by atoms with van der Waals surface area (Å²) < 4.78 is 13.0. The second kappa shape index (κ2) is 15.1. The van der Waals surface area contributed by atoms with Crippen LogP contribution in [0.1, 0.15) is 56.5 Å². The van der Waals surface area contributed by atoms with Crippen LogP contribution in [0.4, 0.5) is 0 Å². The number of hydrogen-bond acceptors (Lipinski definition) is 7. The second-order valence-corrected chi connectivity index (χ2v) is 11.8. The lowest BCUT2D eigenvalue weighted by molar-refractivity contribution is -0.135. The molecule has 1 unspecified atom stereocenters. The summed E-state index contributed by atoms with van der Waals surface area (Å²) in [6.45, 7) is 6.34. The van der Waals surface area contributed by atoms with Crippen LogP contribution in [0.15, 0.2) is 79.3 Å². The maximum atomic E-state index is 14.0. The van der Waals surface area contributed by atoms with Crippen molar-refractivity contribution in [1.29, 1.82) is 0 Å². The Morgan fingerprint density at radius 1 is 1.11 bits per heavy atom. The zero-order valence-electron chi connectivity index (χ0n) is 25.9. The predicted octanol–water partition coefficient (Wildman–Crippen LogP) is 3.52. The van der Waals surface area contributed by atoms with Gasteiger partial charge in [0.2, 0.25) is 5.91 Å². The minimum Gasteiger partial charge on any atom is -0.383 e. The van der Waals surface area contributed by atoms with Crippen molar-refractivity contribution < 1.29 is 23.9 Å². The molecule has 0 aliphatic carbocycles. The summed E-state index contributed by atoms with van der Waals surface area (Å²) >= 11 is 0. The van der Waals surface area contributed by atoms with E-state index >= 15 is 0 Å². The molecule has 234 valence electrons. The summed E-state index contributed by atoms with van der Waals surface area (Å²) in [6, 6.07) is 17.6. The minimum absolute atomic E-state index is 0.0238. The normalized spacial score (nSPS) is 16.9. The average molecular weight is 602 g/mol. The number of allylic oxidation sites excluding steroid dienone is 1. The van der Waals surface area contributed by atoms with Gasteiger partial charge in [-0.3, -0.25) is 14.4 Å². The lowest BCUT2D eigenvalue weighted by atomic mass is 10.0. The fraction of sp³-hybridized carbons (Fsp3) is 0.412. The molecule has 3 atom stereocenters. The van der Waals surface area contributed by atoms with Crippen molar-refractivity contribution in [3.05, 3.63) is 96.1 Å². The number of ether oxygens (including phenoxy) is 2. The van der Waals surface area contributed by atoms with Crippen molar-refractivity contribution in [1.82, 2.24) is 19.8 Å². The van der Waals surface area contributed by atoms with Crippen molar-refractivity contribution in [3.8, 4) is 0 Å². The summed E-state index contributed by atoms with van der Waals surface area (Å²) in [5.74, 6) is -0.842. The maximum absolute atomic E-state index is 14.0. The Hall–Kier alpha value is -4.12. The SMILES string of the molecule is COC[C@H]1CCCN1C(=O)C(c1ccccc1)n1cnc(C(C)=CC(=O)[C@@H](COCc2ccccc2)NC(=O)C(C)(C)N)c1. The third-order valence-corrected chi connectivity index (χ3v) is 7.66. The first-order chi connectivity index (χ1) is 21.1. The van der Waals surface area contributed by atoms with Gasteiger partial charge in [0.1, 0.15) is 12.1 Å². The largest absolute Gasteiger partial charge is 0.383 e. The summed E-state index contributed by atoms with van der Waals surface area (Å²) in [7, 11) is 1.65. The molecule has 3 N–H and O–H groups in total. The summed E-state index contributed by atoms with van der Waals surface area (Å²) in [6.07, 6.45) is 6.66. The van der Waals surface area contributed by atoms with Crippen molar-refractivity contribution in [2.24, 2.45) is 5.73 Å². The Balaban J connectivity index is 1.55. The molecule has 1 aromatic heterocycles.